The van der Waals surface area contributed by atoms with Crippen molar-refractivity contribution >= 4 is 15.7 Å². The van der Waals surface area contributed by atoms with Crippen LogP contribution in [0.2, 0.25) is 0 Å². The molecule has 25 heavy (non-hydrogen) atoms. The van der Waals surface area contributed by atoms with Gasteiger partial charge in [0.25, 0.3) is 0 Å². The van der Waals surface area contributed by atoms with Crippen molar-refractivity contribution < 1.29 is 21.6 Å². The molecule has 1 aliphatic carbocycles. The molecule has 2 fully saturated rings. The molecule has 0 atom stereocenters. The Morgan fingerprint density at radius 1 is 1.16 bits per heavy atom. The molecule has 0 aromatic heterocycles. The van der Waals surface area contributed by atoms with E-state index in [1.807, 2.05) is 18.2 Å². The maximum absolute atomic E-state index is 12.7. The SMILES string of the molecule is O=S1(=O)CCCN1c1cccc(CNC2CCC(C(F)(F)F)CC2)c1. The summed E-state index contributed by atoms with van der Waals surface area (Å²) in [6, 6.07) is 7.43. The third-order valence-electron chi connectivity index (χ3n) is 5.08. The summed E-state index contributed by atoms with van der Waals surface area (Å²) in [5.74, 6) is -0.993. The lowest BCUT2D eigenvalue weighted by molar-refractivity contribution is -0.182. The van der Waals surface area contributed by atoms with Gasteiger partial charge in [0.15, 0.2) is 0 Å². The number of alkyl halides is 3. The molecule has 0 unspecified atom stereocenters. The summed E-state index contributed by atoms with van der Waals surface area (Å²) in [7, 11) is -3.21. The van der Waals surface area contributed by atoms with Crippen molar-refractivity contribution in [2.24, 2.45) is 5.92 Å². The van der Waals surface area contributed by atoms with Crippen molar-refractivity contribution in [1.82, 2.24) is 5.32 Å². The van der Waals surface area contributed by atoms with Gasteiger partial charge in [0, 0.05) is 19.1 Å². The second-order valence-corrected chi connectivity index (χ2v) is 8.90. The number of hydrogen-bond donors (Lipinski definition) is 1. The summed E-state index contributed by atoms with van der Waals surface area (Å²) in [5, 5.41) is 3.31. The maximum Gasteiger partial charge on any atom is 0.391 e. The first-order chi connectivity index (χ1) is 11.8. The summed E-state index contributed by atoms with van der Waals surface area (Å²) in [5.41, 5.74) is 1.61. The molecule has 1 aromatic carbocycles. The summed E-state index contributed by atoms with van der Waals surface area (Å²) in [6.45, 7) is 1.03. The third kappa shape index (κ3) is 4.47. The lowest BCUT2D eigenvalue weighted by Gasteiger charge is -2.30. The fourth-order valence-corrected chi connectivity index (χ4v) is 5.19. The molecule has 1 heterocycles. The molecule has 1 saturated carbocycles. The van der Waals surface area contributed by atoms with Crippen LogP contribution in [0.1, 0.15) is 37.7 Å². The van der Waals surface area contributed by atoms with Crippen LogP contribution in [0.5, 0.6) is 0 Å². The first-order valence-corrected chi connectivity index (χ1v) is 10.3. The smallest absolute Gasteiger partial charge is 0.310 e. The van der Waals surface area contributed by atoms with Gasteiger partial charge in [0.1, 0.15) is 0 Å². The summed E-state index contributed by atoms with van der Waals surface area (Å²) in [6.07, 6.45) is -2.07. The molecule has 1 N–H and O–H groups in total. The van der Waals surface area contributed by atoms with Crippen molar-refractivity contribution in [2.75, 3.05) is 16.6 Å². The number of nitrogens with zero attached hydrogens (tertiary/aromatic N) is 1. The normalized spacial score (nSPS) is 26.8. The van der Waals surface area contributed by atoms with Crippen molar-refractivity contribution in [3.63, 3.8) is 0 Å². The number of hydrogen-bond acceptors (Lipinski definition) is 3. The Balaban J connectivity index is 1.55. The Kier molecular flexibility index (Phi) is 5.29. The van der Waals surface area contributed by atoms with Gasteiger partial charge in [-0.2, -0.15) is 13.2 Å². The Bertz CT molecular complexity index is 698. The van der Waals surface area contributed by atoms with Crippen LogP contribution in [0.25, 0.3) is 0 Å². The molecule has 2 aliphatic rings. The summed E-state index contributed by atoms with van der Waals surface area (Å²) < 4.78 is 63.6. The van der Waals surface area contributed by atoms with Gasteiger partial charge in [-0.15, -0.1) is 0 Å². The highest BCUT2D eigenvalue weighted by Gasteiger charge is 2.41. The van der Waals surface area contributed by atoms with Crippen LogP contribution >= 0.6 is 0 Å². The minimum Gasteiger partial charge on any atom is -0.310 e. The largest absolute Gasteiger partial charge is 0.391 e. The van der Waals surface area contributed by atoms with Gasteiger partial charge in [0.2, 0.25) is 10.0 Å². The Labute approximate surface area is 146 Å². The number of nitrogens with one attached hydrogen (secondary N) is 1. The van der Waals surface area contributed by atoms with E-state index in [4.69, 9.17) is 0 Å². The molecule has 4 nitrogen and oxygen atoms in total. The number of benzene rings is 1. The topological polar surface area (TPSA) is 49.4 Å². The molecule has 0 radical (unpaired) electrons. The van der Waals surface area contributed by atoms with E-state index in [0.717, 1.165) is 5.56 Å². The standard InChI is InChI=1S/C17H23F3N2O2S/c18-17(19,20)14-5-7-15(8-6-14)21-12-13-3-1-4-16(11-13)22-9-2-10-25(22,23)24/h1,3-4,11,14-15,21H,2,5-10,12H2. The minimum absolute atomic E-state index is 0.0813. The molecule has 0 spiro atoms. The van der Waals surface area contributed by atoms with Gasteiger partial charge < -0.3 is 5.32 Å². The Morgan fingerprint density at radius 3 is 2.48 bits per heavy atom. The molecule has 0 amide bonds. The first kappa shape index (κ1) is 18.5. The van der Waals surface area contributed by atoms with Gasteiger partial charge in [-0.3, -0.25) is 4.31 Å². The van der Waals surface area contributed by atoms with E-state index in [2.05, 4.69) is 5.32 Å². The molecule has 0 bridgehead atoms. The van der Waals surface area contributed by atoms with Crippen LogP contribution in [-0.2, 0) is 16.6 Å². The minimum atomic E-state index is -4.08. The van der Waals surface area contributed by atoms with Gasteiger partial charge in [-0.25, -0.2) is 8.42 Å². The zero-order valence-corrected chi connectivity index (χ0v) is 14.7. The van der Waals surface area contributed by atoms with E-state index in [1.54, 1.807) is 6.07 Å². The fourth-order valence-electron chi connectivity index (χ4n) is 3.64. The molecule has 1 saturated heterocycles. The van der Waals surface area contributed by atoms with E-state index in [-0.39, 0.29) is 24.6 Å². The molecular weight excluding hydrogens is 353 g/mol. The number of sulfonamides is 1. The zero-order chi connectivity index (χ0) is 18.1. The monoisotopic (exact) mass is 376 g/mol. The molecule has 1 aliphatic heterocycles. The highest BCUT2D eigenvalue weighted by Crippen LogP contribution is 2.37. The van der Waals surface area contributed by atoms with E-state index < -0.39 is 22.1 Å². The van der Waals surface area contributed by atoms with Crippen LogP contribution in [0.3, 0.4) is 0 Å². The third-order valence-corrected chi connectivity index (χ3v) is 6.95. The molecule has 1 aromatic rings. The lowest BCUT2D eigenvalue weighted by atomic mass is 9.85. The van der Waals surface area contributed by atoms with Crippen LogP contribution < -0.4 is 9.62 Å². The first-order valence-electron chi connectivity index (χ1n) is 8.65. The van der Waals surface area contributed by atoms with Gasteiger partial charge in [0.05, 0.1) is 17.4 Å². The van der Waals surface area contributed by atoms with Crippen molar-refractivity contribution in [3.05, 3.63) is 29.8 Å². The number of anilines is 1. The quantitative estimate of drug-likeness (QED) is 0.876. The predicted octanol–water partition coefficient (Wildman–Crippen LogP) is 3.44. The van der Waals surface area contributed by atoms with Crippen LogP contribution in [0.15, 0.2) is 24.3 Å². The highest BCUT2D eigenvalue weighted by molar-refractivity contribution is 7.93. The molecule has 140 valence electrons. The molecular formula is C17H23F3N2O2S. The Morgan fingerprint density at radius 2 is 1.88 bits per heavy atom. The van der Waals surface area contributed by atoms with Crippen LogP contribution in [0, 0.1) is 5.92 Å². The predicted molar refractivity (Wildman–Crippen MR) is 90.8 cm³/mol. The number of halogens is 3. The van der Waals surface area contributed by atoms with Crippen LogP contribution in [-0.4, -0.2) is 32.9 Å². The maximum atomic E-state index is 12.7. The average Bonchev–Trinajstić information content (AvgIpc) is 2.92. The van der Waals surface area contributed by atoms with Crippen LogP contribution in [0.4, 0.5) is 18.9 Å². The molecule has 8 heteroatoms. The molecule has 3 rings (SSSR count). The second kappa shape index (κ2) is 7.15. The lowest BCUT2D eigenvalue weighted by Crippen LogP contribution is -2.36. The van der Waals surface area contributed by atoms with Gasteiger partial charge >= 0.3 is 6.18 Å². The van der Waals surface area contributed by atoms with E-state index >= 15 is 0 Å². The average molecular weight is 376 g/mol. The van der Waals surface area contributed by atoms with Gasteiger partial charge in [-0.1, -0.05) is 12.1 Å². The van der Waals surface area contributed by atoms with Crippen molar-refractivity contribution in [1.29, 1.82) is 0 Å². The zero-order valence-electron chi connectivity index (χ0n) is 13.9. The highest BCUT2D eigenvalue weighted by atomic mass is 32.2. The van der Waals surface area contributed by atoms with E-state index in [0.29, 0.717) is 38.0 Å². The van der Waals surface area contributed by atoms with Crippen molar-refractivity contribution in [2.45, 2.75) is 50.9 Å². The Hall–Kier alpha value is -1.28. The van der Waals surface area contributed by atoms with E-state index in [1.165, 1.54) is 4.31 Å². The summed E-state index contributed by atoms with van der Waals surface area (Å²) >= 11 is 0. The van der Waals surface area contributed by atoms with E-state index in [9.17, 15) is 21.6 Å². The van der Waals surface area contributed by atoms with Gasteiger partial charge in [-0.05, 0) is 49.8 Å². The summed E-state index contributed by atoms with van der Waals surface area (Å²) in [4.78, 5) is 0. The fraction of sp³-hybridized carbons (Fsp3) is 0.647. The second-order valence-electron chi connectivity index (χ2n) is 6.88. The number of rotatable bonds is 4. The van der Waals surface area contributed by atoms with Crippen molar-refractivity contribution in [3.8, 4) is 0 Å².